The fraction of sp³-hybridized carbons (Fsp3) is 0.286. The lowest BCUT2D eigenvalue weighted by molar-refractivity contribution is -0.134. The van der Waals surface area contributed by atoms with Crippen molar-refractivity contribution in [2.24, 2.45) is 4.99 Å². The summed E-state index contributed by atoms with van der Waals surface area (Å²) in [6.07, 6.45) is 0. The summed E-state index contributed by atoms with van der Waals surface area (Å²) in [6.45, 7) is 5.85. The highest BCUT2D eigenvalue weighted by atomic mass is 19.1. The molecule has 2 aromatic carbocycles. The summed E-state index contributed by atoms with van der Waals surface area (Å²) in [7, 11) is 0. The molecule has 3 rings (SSSR count). The molecule has 0 radical (unpaired) electrons. The molecule has 0 fully saturated rings. The van der Waals surface area contributed by atoms with Crippen LogP contribution < -0.4 is 5.32 Å². The number of carbonyl (C=O) groups is 2. The Morgan fingerprint density at radius 2 is 1.74 bits per heavy atom. The van der Waals surface area contributed by atoms with Gasteiger partial charge >= 0.3 is 0 Å². The highest BCUT2D eigenvalue weighted by Gasteiger charge is 2.41. The molecule has 0 saturated heterocycles. The van der Waals surface area contributed by atoms with E-state index in [9.17, 15) is 14.0 Å². The minimum Gasteiger partial charge on any atom is -0.350 e. The highest BCUT2D eigenvalue weighted by molar-refractivity contribution is 6.46. The minimum atomic E-state index is -0.845. The Morgan fingerprint density at radius 1 is 1.11 bits per heavy atom. The van der Waals surface area contributed by atoms with Crippen LogP contribution in [0, 0.1) is 12.7 Å². The zero-order chi connectivity index (χ0) is 19.6. The molecule has 5 nitrogen and oxygen atoms in total. The molecule has 0 bridgehead atoms. The molecule has 1 aliphatic heterocycles. The van der Waals surface area contributed by atoms with Gasteiger partial charge in [-0.2, -0.15) is 0 Å². The van der Waals surface area contributed by atoms with Gasteiger partial charge in [0.05, 0.1) is 0 Å². The molecule has 27 heavy (non-hydrogen) atoms. The van der Waals surface area contributed by atoms with E-state index in [1.54, 1.807) is 13.8 Å². The number of hydrogen-bond acceptors (Lipinski definition) is 3. The van der Waals surface area contributed by atoms with Crippen LogP contribution in [-0.2, 0) is 16.1 Å². The molecule has 0 atom stereocenters. The average Bonchev–Trinajstić information content (AvgIpc) is 2.85. The lowest BCUT2D eigenvalue weighted by Gasteiger charge is -2.28. The zero-order valence-corrected chi connectivity index (χ0v) is 15.6. The Hall–Kier alpha value is -3.02. The fourth-order valence-electron chi connectivity index (χ4n) is 2.93. The maximum absolute atomic E-state index is 13.1. The summed E-state index contributed by atoms with van der Waals surface area (Å²) >= 11 is 0. The average molecular weight is 367 g/mol. The van der Waals surface area contributed by atoms with Gasteiger partial charge in [0.25, 0.3) is 5.91 Å². The Bertz CT molecular complexity index is 887. The molecule has 140 valence electrons. The predicted octanol–water partition coefficient (Wildman–Crippen LogP) is 2.82. The van der Waals surface area contributed by atoms with Gasteiger partial charge in [-0.3, -0.25) is 14.6 Å². The maximum Gasteiger partial charge on any atom is 0.275 e. The van der Waals surface area contributed by atoms with Crippen LogP contribution in [0.5, 0.6) is 0 Å². The van der Waals surface area contributed by atoms with E-state index in [4.69, 9.17) is 0 Å². The van der Waals surface area contributed by atoms with E-state index in [0.29, 0.717) is 12.1 Å². The van der Waals surface area contributed by atoms with Crippen molar-refractivity contribution in [1.82, 2.24) is 10.2 Å². The quantitative estimate of drug-likeness (QED) is 0.883. The van der Waals surface area contributed by atoms with Crippen molar-refractivity contribution in [2.75, 3.05) is 6.54 Å². The molecule has 1 heterocycles. The highest BCUT2D eigenvalue weighted by Crippen LogP contribution is 2.26. The first-order chi connectivity index (χ1) is 12.8. The van der Waals surface area contributed by atoms with E-state index in [2.05, 4.69) is 10.3 Å². The van der Waals surface area contributed by atoms with Gasteiger partial charge in [0, 0.05) is 12.1 Å². The molecule has 6 heteroatoms. The van der Waals surface area contributed by atoms with E-state index < -0.39 is 5.66 Å². The van der Waals surface area contributed by atoms with Crippen molar-refractivity contribution in [3.63, 3.8) is 0 Å². The molecule has 1 N–H and O–H groups in total. The van der Waals surface area contributed by atoms with E-state index >= 15 is 0 Å². The van der Waals surface area contributed by atoms with Gasteiger partial charge in [0.15, 0.2) is 0 Å². The molecule has 0 aromatic heterocycles. The van der Waals surface area contributed by atoms with Gasteiger partial charge in [0.1, 0.15) is 23.7 Å². The van der Waals surface area contributed by atoms with E-state index in [1.807, 2.05) is 31.2 Å². The summed E-state index contributed by atoms with van der Waals surface area (Å²) in [6, 6.07) is 13.5. The summed E-state index contributed by atoms with van der Waals surface area (Å²) in [5, 5.41) is 2.83. The SMILES string of the molecule is Cc1ccc(CNC(=O)CN2C(=O)C(c3ccc(F)cc3)=NC2(C)C)cc1. The Morgan fingerprint density at radius 3 is 2.37 bits per heavy atom. The Kier molecular flexibility index (Phi) is 5.08. The number of nitrogens with one attached hydrogen (secondary N) is 1. The third-order valence-electron chi connectivity index (χ3n) is 4.52. The van der Waals surface area contributed by atoms with Gasteiger partial charge in [-0.05, 0) is 50.6 Å². The number of hydrogen-bond donors (Lipinski definition) is 1. The van der Waals surface area contributed by atoms with Gasteiger partial charge in [-0.25, -0.2) is 4.39 Å². The second-order valence-electron chi connectivity index (χ2n) is 7.12. The third-order valence-corrected chi connectivity index (χ3v) is 4.52. The van der Waals surface area contributed by atoms with Crippen LogP contribution in [0.2, 0.25) is 0 Å². The van der Waals surface area contributed by atoms with Gasteiger partial charge in [-0.15, -0.1) is 0 Å². The van der Waals surface area contributed by atoms with Crippen LogP contribution in [-0.4, -0.2) is 34.6 Å². The van der Waals surface area contributed by atoms with E-state index in [0.717, 1.165) is 11.1 Å². The van der Waals surface area contributed by atoms with Gasteiger partial charge in [0.2, 0.25) is 5.91 Å². The lowest BCUT2D eigenvalue weighted by Crippen LogP contribution is -2.48. The van der Waals surface area contributed by atoms with Crippen molar-refractivity contribution >= 4 is 17.5 Å². The van der Waals surface area contributed by atoms with Crippen molar-refractivity contribution in [1.29, 1.82) is 0 Å². The number of benzene rings is 2. The standard InChI is InChI=1S/C21H22FN3O2/c1-14-4-6-15(7-5-14)12-23-18(26)13-25-20(27)19(24-21(25,2)3)16-8-10-17(22)11-9-16/h4-11H,12-13H2,1-3H3,(H,23,26). The van der Waals surface area contributed by atoms with Gasteiger partial charge in [-0.1, -0.05) is 29.8 Å². The van der Waals surface area contributed by atoms with Crippen molar-refractivity contribution < 1.29 is 14.0 Å². The Balaban J connectivity index is 1.66. The molecule has 2 aromatic rings. The molecule has 0 aliphatic carbocycles. The molecular weight excluding hydrogens is 345 g/mol. The first-order valence-corrected chi connectivity index (χ1v) is 8.76. The van der Waals surface area contributed by atoms with Crippen LogP contribution in [0.4, 0.5) is 4.39 Å². The molecule has 0 spiro atoms. The second kappa shape index (κ2) is 7.31. The smallest absolute Gasteiger partial charge is 0.275 e. The second-order valence-corrected chi connectivity index (χ2v) is 7.12. The summed E-state index contributed by atoms with van der Waals surface area (Å²) in [5.74, 6) is -0.971. The number of nitrogens with zero attached hydrogens (tertiary/aromatic N) is 2. The molecule has 2 amide bonds. The molecule has 0 saturated carbocycles. The molecular formula is C21H22FN3O2. The van der Waals surface area contributed by atoms with Crippen LogP contribution >= 0.6 is 0 Å². The number of halogens is 1. The van der Waals surface area contributed by atoms with Crippen LogP contribution in [0.15, 0.2) is 53.5 Å². The summed E-state index contributed by atoms with van der Waals surface area (Å²) < 4.78 is 13.1. The van der Waals surface area contributed by atoms with Crippen LogP contribution in [0.3, 0.4) is 0 Å². The molecule has 1 aliphatic rings. The number of aliphatic imine (C=N–C) groups is 1. The van der Waals surface area contributed by atoms with Crippen LogP contribution in [0.25, 0.3) is 0 Å². The monoisotopic (exact) mass is 367 g/mol. The normalized spacial score (nSPS) is 15.6. The van der Waals surface area contributed by atoms with Crippen molar-refractivity contribution in [2.45, 2.75) is 33.0 Å². The van der Waals surface area contributed by atoms with Crippen molar-refractivity contribution in [3.8, 4) is 0 Å². The predicted molar refractivity (Wildman–Crippen MR) is 102 cm³/mol. The molecule has 0 unspecified atom stereocenters. The number of rotatable bonds is 5. The number of carbonyl (C=O) groups excluding carboxylic acids is 2. The van der Waals surface area contributed by atoms with Crippen molar-refractivity contribution in [3.05, 3.63) is 71.0 Å². The maximum atomic E-state index is 13.1. The summed E-state index contributed by atoms with van der Waals surface area (Å²) in [5.41, 5.74) is 2.08. The lowest BCUT2D eigenvalue weighted by atomic mass is 10.1. The topological polar surface area (TPSA) is 61.8 Å². The Labute approximate surface area is 157 Å². The van der Waals surface area contributed by atoms with Crippen LogP contribution in [0.1, 0.15) is 30.5 Å². The first-order valence-electron chi connectivity index (χ1n) is 8.76. The van der Waals surface area contributed by atoms with E-state index in [-0.39, 0.29) is 29.9 Å². The minimum absolute atomic E-state index is 0.0914. The fourth-order valence-corrected chi connectivity index (χ4v) is 2.93. The number of amides is 2. The first kappa shape index (κ1) is 18.8. The van der Waals surface area contributed by atoms with Gasteiger partial charge < -0.3 is 10.2 Å². The third kappa shape index (κ3) is 4.22. The van der Waals surface area contributed by atoms with E-state index in [1.165, 1.54) is 29.2 Å². The summed E-state index contributed by atoms with van der Waals surface area (Å²) in [4.78, 5) is 31.0. The largest absolute Gasteiger partial charge is 0.350 e. The zero-order valence-electron chi connectivity index (χ0n) is 15.6. The number of aryl methyl sites for hydroxylation is 1.